The number of benzene rings is 1. The maximum atomic E-state index is 11.7. The van der Waals surface area contributed by atoms with Crippen molar-refractivity contribution in [3.8, 4) is 11.1 Å². The standard InChI is InChI=1S/C21H26N6O3/c22-19(23)12-18(28)6-5-15-3-1-4-16(11-15)17-13-25-20(26-14-17)24-7-9-27-8-2-10-30-21(27)29/h1,3-4,11,13-14H,2,5-10,12H2,(H3,22,23)(H,24,25,26). The molecule has 30 heavy (non-hydrogen) atoms. The van der Waals surface area contributed by atoms with Crippen molar-refractivity contribution >= 4 is 23.7 Å². The quantitative estimate of drug-likeness (QED) is 0.404. The van der Waals surface area contributed by atoms with Gasteiger partial charge in [-0.15, -0.1) is 0 Å². The number of amidine groups is 1. The van der Waals surface area contributed by atoms with Gasteiger partial charge < -0.3 is 20.7 Å². The molecule has 158 valence electrons. The molecule has 0 unspecified atom stereocenters. The number of cyclic esters (lactones) is 1. The van der Waals surface area contributed by atoms with Gasteiger partial charge in [0.2, 0.25) is 5.95 Å². The Kier molecular flexibility index (Phi) is 7.31. The first-order valence-corrected chi connectivity index (χ1v) is 9.93. The van der Waals surface area contributed by atoms with E-state index in [-0.39, 0.29) is 24.1 Å². The Hall–Kier alpha value is -3.49. The summed E-state index contributed by atoms with van der Waals surface area (Å²) >= 11 is 0. The molecule has 2 aromatic rings. The van der Waals surface area contributed by atoms with Crippen LogP contribution < -0.4 is 11.1 Å². The Morgan fingerprint density at radius 3 is 2.80 bits per heavy atom. The minimum Gasteiger partial charge on any atom is -0.449 e. The molecule has 0 bridgehead atoms. The summed E-state index contributed by atoms with van der Waals surface area (Å²) in [5.41, 5.74) is 8.14. The smallest absolute Gasteiger partial charge is 0.409 e. The van der Waals surface area contributed by atoms with E-state index in [0.29, 0.717) is 45.0 Å². The third-order valence-electron chi connectivity index (χ3n) is 4.71. The van der Waals surface area contributed by atoms with E-state index in [1.54, 1.807) is 17.3 Å². The zero-order valence-corrected chi connectivity index (χ0v) is 16.8. The zero-order valence-electron chi connectivity index (χ0n) is 16.8. The normalized spacial score (nSPS) is 13.6. The highest BCUT2D eigenvalue weighted by Crippen LogP contribution is 2.20. The van der Waals surface area contributed by atoms with Crippen LogP contribution in [0.15, 0.2) is 36.7 Å². The molecule has 1 aromatic heterocycles. The van der Waals surface area contributed by atoms with Gasteiger partial charge in [0.1, 0.15) is 5.78 Å². The second-order valence-corrected chi connectivity index (χ2v) is 7.12. The highest BCUT2D eigenvalue weighted by molar-refractivity contribution is 5.98. The van der Waals surface area contributed by atoms with Gasteiger partial charge in [-0.1, -0.05) is 24.3 Å². The molecule has 1 fully saturated rings. The van der Waals surface area contributed by atoms with Crippen molar-refractivity contribution in [3.63, 3.8) is 0 Å². The summed E-state index contributed by atoms with van der Waals surface area (Å²) in [5.74, 6) is 0.357. The fourth-order valence-electron chi connectivity index (χ4n) is 3.16. The van der Waals surface area contributed by atoms with Crippen LogP contribution in [0.5, 0.6) is 0 Å². The first-order chi connectivity index (χ1) is 14.5. The van der Waals surface area contributed by atoms with Crippen LogP contribution in [-0.4, -0.2) is 58.8 Å². The zero-order chi connectivity index (χ0) is 21.3. The van der Waals surface area contributed by atoms with Crippen LogP contribution in [0, 0.1) is 5.41 Å². The largest absolute Gasteiger partial charge is 0.449 e. The average molecular weight is 410 g/mol. The number of carbonyl (C=O) groups excluding carboxylic acids is 2. The van der Waals surface area contributed by atoms with E-state index in [2.05, 4.69) is 15.3 Å². The third-order valence-corrected chi connectivity index (χ3v) is 4.71. The first kappa shape index (κ1) is 21.2. The highest BCUT2D eigenvalue weighted by Gasteiger charge is 2.18. The Bertz CT molecular complexity index is 900. The van der Waals surface area contributed by atoms with Gasteiger partial charge in [0.15, 0.2) is 0 Å². The maximum Gasteiger partial charge on any atom is 0.409 e. The van der Waals surface area contributed by atoms with Crippen LogP contribution in [0.25, 0.3) is 11.1 Å². The van der Waals surface area contributed by atoms with Gasteiger partial charge in [-0.25, -0.2) is 14.8 Å². The number of aromatic nitrogens is 2. The van der Waals surface area contributed by atoms with Crippen molar-refractivity contribution < 1.29 is 14.3 Å². The van der Waals surface area contributed by atoms with Crippen LogP contribution in [0.3, 0.4) is 0 Å². The Labute approximate surface area is 175 Å². The number of hydrogen-bond acceptors (Lipinski definition) is 7. The predicted octanol–water partition coefficient (Wildman–Crippen LogP) is 2.23. The molecule has 9 nitrogen and oxygen atoms in total. The second kappa shape index (κ2) is 10.3. The molecule has 0 atom stereocenters. The molecule has 3 rings (SSSR count). The van der Waals surface area contributed by atoms with Gasteiger partial charge in [0, 0.05) is 44.0 Å². The second-order valence-electron chi connectivity index (χ2n) is 7.12. The van der Waals surface area contributed by atoms with Crippen LogP contribution in [0.4, 0.5) is 10.7 Å². The molecule has 0 radical (unpaired) electrons. The van der Waals surface area contributed by atoms with E-state index in [1.807, 2.05) is 24.3 Å². The van der Waals surface area contributed by atoms with Crippen LogP contribution in [-0.2, 0) is 16.0 Å². The number of ether oxygens (including phenoxy) is 1. The van der Waals surface area contributed by atoms with E-state index in [0.717, 1.165) is 23.1 Å². The average Bonchev–Trinajstić information content (AvgIpc) is 2.74. The van der Waals surface area contributed by atoms with Crippen molar-refractivity contribution in [1.29, 1.82) is 5.41 Å². The molecule has 0 saturated carbocycles. The lowest BCUT2D eigenvalue weighted by Crippen LogP contribution is -2.40. The van der Waals surface area contributed by atoms with Crippen molar-refractivity contribution in [2.45, 2.75) is 25.7 Å². The first-order valence-electron chi connectivity index (χ1n) is 9.93. The third kappa shape index (κ3) is 6.26. The molecule has 4 N–H and O–H groups in total. The van der Waals surface area contributed by atoms with Crippen molar-refractivity contribution in [3.05, 3.63) is 42.2 Å². The number of nitrogens with zero attached hydrogens (tertiary/aromatic N) is 3. The Balaban J connectivity index is 1.52. The van der Waals surface area contributed by atoms with Gasteiger partial charge in [0.25, 0.3) is 0 Å². The summed E-state index contributed by atoms with van der Waals surface area (Å²) in [6.07, 6.45) is 5.01. The molecule has 1 aliphatic rings. The number of nitrogens with one attached hydrogen (secondary N) is 2. The topological polar surface area (TPSA) is 134 Å². The van der Waals surface area contributed by atoms with E-state index < -0.39 is 0 Å². The van der Waals surface area contributed by atoms with Crippen LogP contribution >= 0.6 is 0 Å². The fraction of sp³-hybridized carbons (Fsp3) is 0.381. The number of anilines is 1. The lowest BCUT2D eigenvalue weighted by molar-refractivity contribution is -0.117. The fourth-order valence-corrected chi connectivity index (χ4v) is 3.16. The van der Waals surface area contributed by atoms with Gasteiger partial charge >= 0.3 is 6.09 Å². The van der Waals surface area contributed by atoms with Crippen molar-refractivity contribution in [2.75, 3.05) is 31.6 Å². The SMILES string of the molecule is N=C(N)CC(=O)CCc1cccc(-c2cnc(NCCN3CCCOC3=O)nc2)c1. The Morgan fingerprint density at radius 2 is 2.07 bits per heavy atom. The van der Waals surface area contributed by atoms with Gasteiger partial charge in [0.05, 0.1) is 18.9 Å². The summed E-state index contributed by atoms with van der Waals surface area (Å²) < 4.78 is 5.01. The molecule has 0 spiro atoms. The number of nitrogens with two attached hydrogens (primary N) is 1. The molecule has 0 aliphatic carbocycles. The highest BCUT2D eigenvalue weighted by atomic mass is 16.6. The molecular formula is C21H26N6O3. The number of rotatable bonds is 10. The van der Waals surface area contributed by atoms with Crippen molar-refractivity contribution in [1.82, 2.24) is 14.9 Å². The molecule has 1 aliphatic heterocycles. The molecule has 2 heterocycles. The molecule has 1 saturated heterocycles. The maximum absolute atomic E-state index is 11.7. The van der Waals surface area contributed by atoms with E-state index in [1.165, 1.54) is 0 Å². The monoisotopic (exact) mass is 410 g/mol. The minimum absolute atomic E-state index is 0.000930. The number of hydrogen-bond donors (Lipinski definition) is 3. The molecule has 1 amide bonds. The van der Waals surface area contributed by atoms with E-state index >= 15 is 0 Å². The van der Waals surface area contributed by atoms with Gasteiger partial charge in [-0.2, -0.15) is 0 Å². The number of Topliss-reactive ketones (excluding diaryl/α,β-unsaturated/α-hetero) is 1. The summed E-state index contributed by atoms with van der Waals surface area (Å²) in [6.45, 7) is 2.27. The summed E-state index contributed by atoms with van der Waals surface area (Å²) in [4.78, 5) is 33.7. The lowest BCUT2D eigenvalue weighted by Gasteiger charge is -2.26. The van der Waals surface area contributed by atoms with E-state index in [4.69, 9.17) is 15.9 Å². The summed E-state index contributed by atoms with van der Waals surface area (Å²) in [7, 11) is 0. The van der Waals surface area contributed by atoms with Gasteiger partial charge in [-0.3, -0.25) is 10.2 Å². The number of amides is 1. The predicted molar refractivity (Wildman–Crippen MR) is 113 cm³/mol. The van der Waals surface area contributed by atoms with Crippen LogP contribution in [0.2, 0.25) is 0 Å². The molecular weight excluding hydrogens is 384 g/mol. The van der Waals surface area contributed by atoms with Crippen molar-refractivity contribution in [2.24, 2.45) is 5.73 Å². The van der Waals surface area contributed by atoms with Gasteiger partial charge in [-0.05, 0) is 24.0 Å². The minimum atomic E-state index is -0.276. The molecule has 1 aromatic carbocycles. The Morgan fingerprint density at radius 1 is 1.27 bits per heavy atom. The van der Waals surface area contributed by atoms with Crippen LogP contribution in [0.1, 0.15) is 24.8 Å². The summed E-state index contributed by atoms with van der Waals surface area (Å²) in [6, 6.07) is 7.88. The number of aryl methyl sites for hydroxylation is 1. The number of ketones is 1. The molecule has 9 heteroatoms. The number of carbonyl (C=O) groups is 2. The summed E-state index contributed by atoms with van der Waals surface area (Å²) in [5, 5.41) is 10.3. The lowest BCUT2D eigenvalue weighted by atomic mass is 10.0. The van der Waals surface area contributed by atoms with E-state index in [9.17, 15) is 9.59 Å².